The molecule has 0 aliphatic carbocycles. The van der Waals surface area contributed by atoms with Crippen LogP contribution in [0.2, 0.25) is 0 Å². The van der Waals surface area contributed by atoms with Crippen LogP contribution in [0.3, 0.4) is 0 Å². The quantitative estimate of drug-likeness (QED) is 0.784. The second-order valence-electron chi connectivity index (χ2n) is 5.86. The molecule has 0 spiro atoms. The normalized spacial score (nSPS) is 16.2. The number of carbonyl (C=O) groups excluding carboxylic acids is 1. The Kier molecular flexibility index (Phi) is 5.87. The molecule has 0 radical (unpaired) electrons. The smallest absolute Gasteiger partial charge is 0.239 e. The molecule has 2 N–H and O–H groups in total. The molecular formula is C19H18N4O2S. The Morgan fingerprint density at radius 3 is 2.62 bits per heavy atom. The lowest BCUT2D eigenvalue weighted by Gasteiger charge is -2.09. The molecule has 1 unspecified atom stereocenters. The van der Waals surface area contributed by atoms with E-state index in [0.29, 0.717) is 25.9 Å². The molecule has 1 amide bonds. The van der Waals surface area contributed by atoms with E-state index in [1.165, 1.54) is 11.8 Å². The predicted octanol–water partition coefficient (Wildman–Crippen LogP) is 2.48. The molecule has 1 atom stereocenters. The Morgan fingerprint density at radius 1 is 1.23 bits per heavy atom. The van der Waals surface area contributed by atoms with Crippen molar-refractivity contribution < 1.29 is 9.53 Å². The van der Waals surface area contributed by atoms with Crippen LogP contribution in [-0.4, -0.2) is 27.9 Å². The average Bonchev–Trinajstić information content (AvgIpc) is 2.95. The maximum Gasteiger partial charge on any atom is 0.239 e. The number of nitrogens with one attached hydrogen (secondary N) is 2. The summed E-state index contributed by atoms with van der Waals surface area (Å²) in [5.74, 6) is 0.666. The number of nitriles is 1. The maximum absolute atomic E-state index is 11.7. The van der Waals surface area contributed by atoms with Crippen molar-refractivity contribution in [2.24, 2.45) is 0 Å². The van der Waals surface area contributed by atoms with Gasteiger partial charge in [-0.15, -0.1) is 0 Å². The SMILES string of the molecule is N#CCc1ccc(CCOc2ccc(CC3SC(=N)NC3=O)cc2)nc1. The third kappa shape index (κ3) is 4.83. The highest BCUT2D eigenvalue weighted by Gasteiger charge is 2.29. The molecule has 1 fully saturated rings. The summed E-state index contributed by atoms with van der Waals surface area (Å²) < 4.78 is 5.74. The minimum Gasteiger partial charge on any atom is -0.493 e. The summed E-state index contributed by atoms with van der Waals surface area (Å²) in [6.07, 6.45) is 3.39. The maximum atomic E-state index is 11.7. The van der Waals surface area contributed by atoms with Crippen LogP contribution in [0, 0.1) is 16.7 Å². The lowest BCUT2D eigenvalue weighted by Crippen LogP contribution is -2.25. The third-order valence-electron chi connectivity index (χ3n) is 3.93. The number of rotatable bonds is 7. The van der Waals surface area contributed by atoms with Crippen LogP contribution in [0.4, 0.5) is 0 Å². The van der Waals surface area contributed by atoms with E-state index in [1.54, 1.807) is 6.20 Å². The molecule has 0 bridgehead atoms. The first-order valence-corrected chi connectivity index (χ1v) is 9.10. The zero-order valence-electron chi connectivity index (χ0n) is 14.1. The van der Waals surface area contributed by atoms with Crippen molar-refractivity contribution in [3.05, 3.63) is 59.4 Å². The number of amides is 1. The first kappa shape index (κ1) is 18.0. The number of carbonyl (C=O) groups is 1. The molecule has 1 aromatic carbocycles. The average molecular weight is 366 g/mol. The Morgan fingerprint density at radius 2 is 2.00 bits per heavy atom. The van der Waals surface area contributed by atoms with Gasteiger partial charge in [0.1, 0.15) is 5.75 Å². The van der Waals surface area contributed by atoms with Crippen molar-refractivity contribution in [3.8, 4) is 11.8 Å². The number of benzene rings is 1. The number of amidine groups is 1. The van der Waals surface area contributed by atoms with Crippen LogP contribution < -0.4 is 10.1 Å². The van der Waals surface area contributed by atoms with Crippen molar-refractivity contribution in [1.82, 2.24) is 10.3 Å². The van der Waals surface area contributed by atoms with E-state index in [1.807, 2.05) is 36.4 Å². The lowest BCUT2D eigenvalue weighted by atomic mass is 10.1. The summed E-state index contributed by atoms with van der Waals surface area (Å²) in [4.78, 5) is 16.0. The highest BCUT2D eigenvalue weighted by Crippen LogP contribution is 2.23. The van der Waals surface area contributed by atoms with Crippen LogP contribution in [0.15, 0.2) is 42.6 Å². The van der Waals surface area contributed by atoms with Gasteiger partial charge >= 0.3 is 0 Å². The second-order valence-corrected chi connectivity index (χ2v) is 7.08. The Hall–Kier alpha value is -2.85. The zero-order valence-corrected chi connectivity index (χ0v) is 14.9. The molecule has 6 nitrogen and oxygen atoms in total. The second kappa shape index (κ2) is 8.50. The van der Waals surface area contributed by atoms with Crippen molar-refractivity contribution >= 4 is 22.8 Å². The van der Waals surface area contributed by atoms with Crippen LogP contribution in [0.1, 0.15) is 16.8 Å². The molecule has 2 heterocycles. The molecule has 132 valence electrons. The molecule has 26 heavy (non-hydrogen) atoms. The zero-order chi connectivity index (χ0) is 18.4. The summed E-state index contributed by atoms with van der Waals surface area (Å²) in [7, 11) is 0. The van der Waals surface area contributed by atoms with Crippen LogP contribution in [-0.2, 0) is 24.1 Å². The van der Waals surface area contributed by atoms with Gasteiger partial charge in [-0.05, 0) is 35.7 Å². The van der Waals surface area contributed by atoms with Gasteiger partial charge in [0, 0.05) is 18.3 Å². The highest BCUT2D eigenvalue weighted by molar-refractivity contribution is 8.15. The largest absolute Gasteiger partial charge is 0.493 e. The Labute approximate surface area is 156 Å². The van der Waals surface area contributed by atoms with Gasteiger partial charge in [0.05, 0.1) is 24.3 Å². The van der Waals surface area contributed by atoms with Gasteiger partial charge in [-0.1, -0.05) is 30.0 Å². The van der Waals surface area contributed by atoms with Crippen molar-refractivity contribution in [2.75, 3.05) is 6.61 Å². The molecule has 7 heteroatoms. The van der Waals surface area contributed by atoms with Gasteiger partial charge < -0.3 is 10.1 Å². The van der Waals surface area contributed by atoms with Gasteiger partial charge in [0.15, 0.2) is 5.17 Å². The Balaban J connectivity index is 1.46. The number of ether oxygens (including phenoxy) is 1. The summed E-state index contributed by atoms with van der Waals surface area (Å²) in [6.45, 7) is 0.516. The number of thioether (sulfide) groups is 1. The summed E-state index contributed by atoms with van der Waals surface area (Å²) in [5.41, 5.74) is 2.88. The van der Waals surface area contributed by atoms with E-state index >= 15 is 0 Å². The fourth-order valence-corrected chi connectivity index (χ4v) is 3.45. The van der Waals surface area contributed by atoms with E-state index in [9.17, 15) is 4.79 Å². The molecule has 2 aromatic rings. The molecule has 1 aliphatic heterocycles. The van der Waals surface area contributed by atoms with Crippen molar-refractivity contribution in [1.29, 1.82) is 10.7 Å². The standard InChI is InChI=1S/C19H18N4O2S/c20-9-7-14-1-4-15(22-12-14)8-10-25-16-5-2-13(3-6-16)11-17-18(24)23-19(21)26-17/h1-6,12,17H,7-8,10-11H2,(H2,21,23,24). The topological polar surface area (TPSA) is 98.9 Å². The Bertz CT molecular complexity index is 828. The van der Waals surface area contributed by atoms with E-state index in [-0.39, 0.29) is 16.3 Å². The van der Waals surface area contributed by atoms with Gasteiger partial charge in [0.2, 0.25) is 5.91 Å². The van der Waals surface area contributed by atoms with Gasteiger partial charge in [-0.3, -0.25) is 15.2 Å². The number of nitrogens with zero attached hydrogens (tertiary/aromatic N) is 2. The van der Waals surface area contributed by atoms with Gasteiger partial charge in [-0.2, -0.15) is 5.26 Å². The van der Waals surface area contributed by atoms with Crippen molar-refractivity contribution in [2.45, 2.75) is 24.5 Å². The van der Waals surface area contributed by atoms with E-state index in [0.717, 1.165) is 22.6 Å². The molecule has 3 rings (SSSR count). The summed E-state index contributed by atoms with van der Waals surface area (Å²) in [5, 5.41) is 18.6. The van der Waals surface area contributed by atoms with Crippen LogP contribution in [0.5, 0.6) is 5.75 Å². The molecule has 1 aromatic heterocycles. The lowest BCUT2D eigenvalue weighted by molar-refractivity contribution is -0.118. The van der Waals surface area contributed by atoms with Gasteiger partial charge in [0.25, 0.3) is 0 Å². The number of hydrogen-bond donors (Lipinski definition) is 2. The molecule has 1 saturated heterocycles. The first-order chi connectivity index (χ1) is 12.6. The monoisotopic (exact) mass is 366 g/mol. The molecule has 0 saturated carbocycles. The van der Waals surface area contributed by atoms with Crippen LogP contribution in [0.25, 0.3) is 0 Å². The fraction of sp³-hybridized carbons (Fsp3) is 0.263. The number of aromatic nitrogens is 1. The van der Waals surface area contributed by atoms with Crippen molar-refractivity contribution in [3.63, 3.8) is 0 Å². The van der Waals surface area contributed by atoms with Crippen LogP contribution >= 0.6 is 11.8 Å². The van der Waals surface area contributed by atoms with E-state index in [2.05, 4.69) is 16.4 Å². The fourth-order valence-electron chi connectivity index (χ4n) is 2.56. The molecular weight excluding hydrogens is 348 g/mol. The van der Waals surface area contributed by atoms with E-state index < -0.39 is 0 Å². The minimum atomic E-state index is -0.232. The third-order valence-corrected chi connectivity index (χ3v) is 4.93. The molecule has 1 aliphatic rings. The number of hydrogen-bond acceptors (Lipinski definition) is 6. The minimum absolute atomic E-state index is 0.103. The number of pyridine rings is 1. The first-order valence-electron chi connectivity index (χ1n) is 8.22. The summed E-state index contributed by atoms with van der Waals surface area (Å²) in [6, 6.07) is 13.6. The highest BCUT2D eigenvalue weighted by atomic mass is 32.2. The predicted molar refractivity (Wildman–Crippen MR) is 100 cm³/mol. The van der Waals surface area contributed by atoms with E-state index in [4.69, 9.17) is 15.4 Å². The van der Waals surface area contributed by atoms with Gasteiger partial charge in [-0.25, -0.2) is 0 Å². The summed E-state index contributed by atoms with van der Waals surface area (Å²) >= 11 is 1.25.